The molecule has 6 nitrogen and oxygen atoms in total. The van der Waals surface area contributed by atoms with Gasteiger partial charge < -0.3 is 14.2 Å². The number of carbonyl (C=O) groups excluding carboxylic acids is 2. The Labute approximate surface area is 203 Å². The summed E-state index contributed by atoms with van der Waals surface area (Å²) in [5.74, 6) is -0.253. The Balaban J connectivity index is 1.59. The van der Waals surface area contributed by atoms with Crippen molar-refractivity contribution in [2.75, 3.05) is 6.61 Å². The smallest absolute Gasteiger partial charge is 0.363 e. The molecule has 3 aromatic carbocycles. The van der Waals surface area contributed by atoms with E-state index in [-0.39, 0.29) is 17.3 Å². The SMILES string of the molecule is CCOc1cc(/C=C2\N=C(c3cccc(Br)c3)OC2=O)ccc1OC(=O)c1ccc(Cl)cc1. The maximum absolute atomic E-state index is 12.5. The Morgan fingerprint density at radius 1 is 1.09 bits per heavy atom. The van der Waals surface area contributed by atoms with Crippen LogP contribution in [-0.2, 0) is 9.53 Å². The normalized spacial score (nSPS) is 14.1. The number of ether oxygens (including phenoxy) is 3. The number of esters is 2. The summed E-state index contributed by atoms with van der Waals surface area (Å²) in [7, 11) is 0. The maximum atomic E-state index is 12.5. The van der Waals surface area contributed by atoms with Crippen LogP contribution in [0.25, 0.3) is 6.08 Å². The van der Waals surface area contributed by atoms with Crippen LogP contribution in [0.1, 0.15) is 28.4 Å². The van der Waals surface area contributed by atoms with Crippen molar-refractivity contribution in [1.82, 2.24) is 0 Å². The van der Waals surface area contributed by atoms with Gasteiger partial charge in [-0.05, 0) is 73.2 Å². The number of hydrogen-bond acceptors (Lipinski definition) is 6. The Kier molecular flexibility index (Phi) is 6.91. The number of hydrogen-bond donors (Lipinski definition) is 0. The predicted molar refractivity (Wildman–Crippen MR) is 129 cm³/mol. The standard InChI is InChI=1S/C25H17BrClNO5/c1-2-31-22-13-15(6-11-21(22)32-24(29)16-7-9-19(27)10-8-16)12-20-25(30)33-23(28-20)17-4-3-5-18(26)14-17/h3-14H,2H2,1H3/b20-12-. The van der Waals surface area contributed by atoms with E-state index in [4.69, 9.17) is 25.8 Å². The number of halogens is 2. The Morgan fingerprint density at radius 2 is 1.88 bits per heavy atom. The molecule has 0 aliphatic carbocycles. The molecule has 0 saturated heterocycles. The number of nitrogens with zero attached hydrogens (tertiary/aromatic N) is 1. The second-order valence-electron chi connectivity index (χ2n) is 6.88. The second-order valence-corrected chi connectivity index (χ2v) is 8.23. The van der Waals surface area contributed by atoms with E-state index in [1.54, 1.807) is 54.6 Å². The zero-order chi connectivity index (χ0) is 23.4. The molecule has 0 saturated carbocycles. The van der Waals surface area contributed by atoms with Crippen LogP contribution in [-0.4, -0.2) is 24.4 Å². The van der Waals surface area contributed by atoms with E-state index in [1.807, 2.05) is 25.1 Å². The Hall–Kier alpha value is -3.42. The van der Waals surface area contributed by atoms with E-state index in [2.05, 4.69) is 20.9 Å². The number of carbonyl (C=O) groups is 2. The highest BCUT2D eigenvalue weighted by molar-refractivity contribution is 9.10. The van der Waals surface area contributed by atoms with Gasteiger partial charge in [0.05, 0.1) is 12.2 Å². The Morgan fingerprint density at radius 3 is 2.61 bits per heavy atom. The van der Waals surface area contributed by atoms with E-state index >= 15 is 0 Å². The lowest BCUT2D eigenvalue weighted by molar-refractivity contribution is -0.129. The lowest BCUT2D eigenvalue weighted by atomic mass is 10.1. The molecule has 1 aliphatic heterocycles. The third kappa shape index (κ3) is 5.50. The first-order chi connectivity index (χ1) is 15.9. The summed E-state index contributed by atoms with van der Waals surface area (Å²) in [5.41, 5.74) is 1.83. The van der Waals surface area contributed by atoms with Gasteiger partial charge in [0.25, 0.3) is 0 Å². The molecule has 0 spiro atoms. The lowest BCUT2D eigenvalue weighted by Crippen LogP contribution is -2.09. The summed E-state index contributed by atoms with van der Waals surface area (Å²) in [6.07, 6.45) is 1.58. The second kappa shape index (κ2) is 10.0. The lowest BCUT2D eigenvalue weighted by Gasteiger charge is -2.11. The largest absolute Gasteiger partial charge is 0.490 e. The Bertz CT molecular complexity index is 1280. The van der Waals surface area contributed by atoms with Gasteiger partial charge in [0.2, 0.25) is 5.90 Å². The van der Waals surface area contributed by atoms with Gasteiger partial charge in [-0.25, -0.2) is 14.6 Å². The number of benzene rings is 3. The van der Waals surface area contributed by atoms with Crippen LogP contribution in [0.4, 0.5) is 0 Å². The summed E-state index contributed by atoms with van der Waals surface area (Å²) in [4.78, 5) is 29.1. The fraction of sp³-hybridized carbons (Fsp3) is 0.0800. The number of aliphatic imine (C=N–C) groups is 1. The molecule has 0 amide bonds. The maximum Gasteiger partial charge on any atom is 0.363 e. The fourth-order valence-electron chi connectivity index (χ4n) is 3.02. The zero-order valence-corrected chi connectivity index (χ0v) is 19.7. The van der Waals surface area contributed by atoms with Crippen LogP contribution in [0, 0.1) is 0 Å². The first-order valence-corrected chi connectivity index (χ1v) is 11.1. The molecule has 0 bridgehead atoms. The van der Waals surface area contributed by atoms with Gasteiger partial charge in [-0.2, -0.15) is 0 Å². The molecule has 1 aliphatic rings. The van der Waals surface area contributed by atoms with Gasteiger partial charge in [0, 0.05) is 15.1 Å². The summed E-state index contributed by atoms with van der Waals surface area (Å²) < 4.78 is 17.3. The van der Waals surface area contributed by atoms with Crippen LogP contribution in [0.5, 0.6) is 11.5 Å². The van der Waals surface area contributed by atoms with Crippen molar-refractivity contribution in [1.29, 1.82) is 0 Å². The number of rotatable bonds is 6. The topological polar surface area (TPSA) is 74.2 Å². The highest BCUT2D eigenvalue weighted by Crippen LogP contribution is 2.31. The van der Waals surface area contributed by atoms with Crippen molar-refractivity contribution in [2.24, 2.45) is 4.99 Å². The van der Waals surface area contributed by atoms with Crippen molar-refractivity contribution >= 4 is 51.4 Å². The quantitative estimate of drug-likeness (QED) is 0.222. The average molecular weight is 527 g/mol. The van der Waals surface area contributed by atoms with Crippen LogP contribution in [0.15, 0.2) is 81.9 Å². The van der Waals surface area contributed by atoms with Crippen LogP contribution in [0.3, 0.4) is 0 Å². The van der Waals surface area contributed by atoms with Crippen LogP contribution < -0.4 is 9.47 Å². The summed E-state index contributed by atoms with van der Waals surface area (Å²) >= 11 is 9.26. The van der Waals surface area contributed by atoms with Crippen molar-refractivity contribution in [2.45, 2.75) is 6.92 Å². The molecule has 0 atom stereocenters. The van der Waals surface area contributed by atoms with Gasteiger partial charge in [-0.3, -0.25) is 0 Å². The minimum Gasteiger partial charge on any atom is -0.490 e. The minimum absolute atomic E-state index is 0.151. The fourth-order valence-corrected chi connectivity index (χ4v) is 3.55. The molecular formula is C25H17BrClNO5. The molecule has 1 heterocycles. The number of cyclic esters (lactones) is 1. The van der Waals surface area contributed by atoms with Gasteiger partial charge in [-0.1, -0.05) is 39.7 Å². The highest BCUT2D eigenvalue weighted by Gasteiger charge is 2.24. The van der Waals surface area contributed by atoms with Crippen LogP contribution in [0.2, 0.25) is 5.02 Å². The van der Waals surface area contributed by atoms with Crippen molar-refractivity contribution in [3.05, 3.63) is 98.6 Å². The molecule has 0 radical (unpaired) electrons. The summed E-state index contributed by atoms with van der Waals surface area (Å²) in [6.45, 7) is 2.18. The van der Waals surface area contributed by atoms with Crippen molar-refractivity contribution in [3.63, 3.8) is 0 Å². The molecule has 0 N–H and O–H groups in total. The monoisotopic (exact) mass is 525 g/mol. The van der Waals surface area contributed by atoms with E-state index in [9.17, 15) is 9.59 Å². The molecular weight excluding hydrogens is 510 g/mol. The summed E-state index contributed by atoms with van der Waals surface area (Å²) in [5, 5.41) is 0.523. The summed E-state index contributed by atoms with van der Waals surface area (Å²) in [6, 6.07) is 18.7. The molecule has 4 rings (SSSR count). The van der Waals surface area contributed by atoms with Crippen LogP contribution >= 0.6 is 27.5 Å². The molecule has 8 heteroatoms. The molecule has 33 heavy (non-hydrogen) atoms. The zero-order valence-electron chi connectivity index (χ0n) is 17.4. The molecule has 0 fully saturated rings. The minimum atomic E-state index is -0.554. The van der Waals surface area contributed by atoms with Crippen molar-refractivity contribution in [3.8, 4) is 11.5 Å². The first kappa shape index (κ1) is 22.8. The molecule has 166 valence electrons. The van der Waals surface area contributed by atoms with E-state index in [1.165, 1.54) is 0 Å². The first-order valence-electron chi connectivity index (χ1n) is 9.96. The average Bonchev–Trinajstić information content (AvgIpc) is 3.16. The van der Waals surface area contributed by atoms with Crippen molar-refractivity contribution < 1.29 is 23.8 Å². The predicted octanol–water partition coefficient (Wildman–Crippen LogP) is 6.06. The molecule has 3 aromatic rings. The van der Waals surface area contributed by atoms with E-state index in [0.29, 0.717) is 34.1 Å². The third-order valence-corrected chi connectivity index (χ3v) is 5.29. The molecule has 0 unspecified atom stereocenters. The van der Waals surface area contributed by atoms with E-state index in [0.717, 1.165) is 4.47 Å². The molecule has 0 aromatic heterocycles. The third-order valence-electron chi connectivity index (χ3n) is 4.55. The van der Waals surface area contributed by atoms with E-state index < -0.39 is 11.9 Å². The van der Waals surface area contributed by atoms with Gasteiger partial charge >= 0.3 is 11.9 Å². The van der Waals surface area contributed by atoms with Gasteiger partial charge in [-0.15, -0.1) is 0 Å². The van der Waals surface area contributed by atoms with Gasteiger partial charge in [0.15, 0.2) is 17.2 Å². The highest BCUT2D eigenvalue weighted by atomic mass is 79.9. The van der Waals surface area contributed by atoms with Gasteiger partial charge in [0.1, 0.15) is 0 Å².